The number of rotatable bonds is 5. The number of amides is 2. The van der Waals surface area contributed by atoms with Crippen molar-refractivity contribution < 1.29 is 23.9 Å². The smallest absolute Gasteiger partial charge is 0.229 e. The van der Waals surface area contributed by atoms with Gasteiger partial charge in [0, 0.05) is 5.56 Å². The summed E-state index contributed by atoms with van der Waals surface area (Å²) in [4.78, 5) is 38.9. The quantitative estimate of drug-likeness (QED) is 0.793. The largest absolute Gasteiger partial charge is 0.493 e. The van der Waals surface area contributed by atoms with Crippen LogP contribution in [0.1, 0.15) is 35.8 Å². The minimum absolute atomic E-state index is 0.180. The zero-order valence-corrected chi connectivity index (χ0v) is 17.3. The van der Waals surface area contributed by atoms with Gasteiger partial charge in [0.15, 0.2) is 17.3 Å². The van der Waals surface area contributed by atoms with E-state index in [9.17, 15) is 14.4 Å². The summed E-state index contributed by atoms with van der Waals surface area (Å²) in [7, 11) is 3.10. The van der Waals surface area contributed by atoms with E-state index in [0.29, 0.717) is 22.7 Å². The van der Waals surface area contributed by atoms with Crippen LogP contribution in [0.15, 0.2) is 42.5 Å². The number of hydrogen-bond donors (Lipinski definition) is 2. The van der Waals surface area contributed by atoms with Crippen molar-refractivity contribution in [2.75, 3.05) is 19.5 Å². The Morgan fingerprint density at radius 2 is 1.80 bits per heavy atom. The van der Waals surface area contributed by atoms with Crippen LogP contribution in [0.3, 0.4) is 0 Å². The average Bonchev–Trinajstić information content (AvgIpc) is 3.41. The molecule has 2 aromatic rings. The van der Waals surface area contributed by atoms with Gasteiger partial charge in [0.25, 0.3) is 0 Å². The summed E-state index contributed by atoms with van der Waals surface area (Å²) >= 11 is 0. The highest BCUT2D eigenvalue weighted by molar-refractivity contribution is 6.19. The molecular formula is C23H24N2O5. The van der Waals surface area contributed by atoms with E-state index in [-0.39, 0.29) is 23.6 Å². The van der Waals surface area contributed by atoms with Gasteiger partial charge in [-0.15, -0.1) is 0 Å². The second-order valence-electron chi connectivity index (χ2n) is 7.95. The molecule has 1 heterocycles. The van der Waals surface area contributed by atoms with E-state index in [1.54, 1.807) is 57.5 Å². The lowest BCUT2D eigenvalue weighted by Crippen LogP contribution is -2.32. The van der Waals surface area contributed by atoms with E-state index < -0.39 is 17.3 Å². The molecule has 2 aliphatic rings. The van der Waals surface area contributed by atoms with Crippen molar-refractivity contribution >= 4 is 23.3 Å². The number of nitrogens with one attached hydrogen (secondary N) is 2. The number of para-hydroxylation sites is 1. The van der Waals surface area contributed by atoms with Gasteiger partial charge in [-0.3, -0.25) is 14.4 Å². The molecule has 0 aromatic heterocycles. The summed E-state index contributed by atoms with van der Waals surface area (Å²) in [5.41, 5.74) is 0.726. The maximum absolute atomic E-state index is 13.2. The van der Waals surface area contributed by atoms with Crippen LogP contribution in [0.2, 0.25) is 0 Å². The molecule has 2 N–H and O–H groups in total. The highest BCUT2D eigenvalue weighted by Gasteiger charge is 2.73. The van der Waals surface area contributed by atoms with Gasteiger partial charge in [0.2, 0.25) is 11.8 Å². The third-order valence-electron chi connectivity index (χ3n) is 6.27. The van der Waals surface area contributed by atoms with Crippen LogP contribution >= 0.6 is 0 Å². The van der Waals surface area contributed by atoms with Gasteiger partial charge in [-0.05, 0) is 36.8 Å². The molecule has 1 aliphatic carbocycles. The Morgan fingerprint density at radius 1 is 1.10 bits per heavy atom. The molecule has 1 fully saturated rings. The van der Waals surface area contributed by atoms with Crippen LogP contribution in [0.5, 0.6) is 11.5 Å². The van der Waals surface area contributed by atoms with Gasteiger partial charge in [0.1, 0.15) is 0 Å². The number of ketones is 1. The first-order valence-corrected chi connectivity index (χ1v) is 9.80. The van der Waals surface area contributed by atoms with Gasteiger partial charge in [-0.25, -0.2) is 0 Å². The number of fused-ring (bicyclic) bond motifs is 2. The van der Waals surface area contributed by atoms with Gasteiger partial charge in [-0.1, -0.05) is 25.1 Å². The molecule has 7 nitrogen and oxygen atoms in total. The lowest BCUT2D eigenvalue weighted by atomic mass is 9.92. The molecule has 1 saturated carbocycles. The molecule has 30 heavy (non-hydrogen) atoms. The molecule has 2 aromatic carbocycles. The maximum Gasteiger partial charge on any atom is 0.229 e. The van der Waals surface area contributed by atoms with Gasteiger partial charge < -0.3 is 20.1 Å². The van der Waals surface area contributed by atoms with E-state index in [1.165, 1.54) is 0 Å². The Hall–Kier alpha value is -3.35. The number of ether oxygens (including phenoxy) is 2. The van der Waals surface area contributed by atoms with Crippen molar-refractivity contribution in [2.45, 2.75) is 19.9 Å². The summed E-state index contributed by atoms with van der Waals surface area (Å²) in [6.07, 6.45) is 0. The van der Waals surface area contributed by atoms with Crippen LogP contribution in [0, 0.1) is 17.3 Å². The van der Waals surface area contributed by atoms with Gasteiger partial charge >= 0.3 is 0 Å². The summed E-state index contributed by atoms with van der Waals surface area (Å²) in [5, 5.41) is 5.74. The molecule has 0 radical (unpaired) electrons. The molecule has 0 saturated heterocycles. The predicted octanol–water partition coefficient (Wildman–Crippen LogP) is 2.97. The summed E-state index contributed by atoms with van der Waals surface area (Å²) in [6, 6.07) is 12.0. The Bertz CT molecular complexity index is 1050. The fourth-order valence-electron chi connectivity index (χ4n) is 4.44. The summed E-state index contributed by atoms with van der Waals surface area (Å²) < 4.78 is 10.6. The number of methoxy groups -OCH3 is 2. The van der Waals surface area contributed by atoms with Crippen LogP contribution in [0.25, 0.3) is 0 Å². The molecule has 0 spiro atoms. The molecule has 4 rings (SSSR count). The second-order valence-corrected chi connectivity index (χ2v) is 7.95. The van der Waals surface area contributed by atoms with E-state index in [2.05, 4.69) is 10.6 Å². The molecule has 7 heteroatoms. The van der Waals surface area contributed by atoms with E-state index in [0.717, 1.165) is 5.56 Å². The number of hydrogen-bond acceptors (Lipinski definition) is 5. The van der Waals surface area contributed by atoms with E-state index in [1.807, 2.05) is 13.0 Å². The lowest BCUT2D eigenvalue weighted by molar-refractivity contribution is -0.125. The number of carbonyl (C=O) groups is 3. The summed E-state index contributed by atoms with van der Waals surface area (Å²) in [6.45, 7) is 3.55. The van der Waals surface area contributed by atoms with Crippen molar-refractivity contribution in [3.8, 4) is 11.5 Å². The molecule has 0 bridgehead atoms. The Kier molecular flexibility index (Phi) is 4.76. The number of anilines is 1. The zero-order valence-electron chi connectivity index (χ0n) is 17.3. The first-order valence-electron chi connectivity index (χ1n) is 9.80. The Labute approximate surface area is 174 Å². The number of benzene rings is 2. The molecule has 1 aliphatic heterocycles. The third-order valence-corrected chi connectivity index (χ3v) is 6.27. The maximum atomic E-state index is 13.2. The van der Waals surface area contributed by atoms with Gasteiger partial charge in [-0.2, -0.15) is 0 Å². The average molecular weight is 408 g/mol. The molecule has 156 valence electrons. The third kappa shape index (κ3) is 2.93. The van der Waals surface area contributed by atoms with E-state index >= 15 is 0 Å². The van der Waals surface area contributed by atoms with Crippen LogP contribution in [0.4, 0.5) is 5.69 Å². The topological polar surface area (TPSA) is 93.7 Å². The minimum Gasteiger partial charge on any atom is -0.493 e. The Balaban J connectivity index is 1.55. The zero-order chi connectivity index (χ0) is 21.6. The fourth-order valence-corrected chi connectivity index (χ4v) is 4.44. The second kappa shape index (κ2) is 7.16. The van der Waals surface area contributed by atoms with Crippen molar-refractivity contribution in [3.05, 3.63) is 53.6 Å². The van der Waals surface area contributed by atoms with Gasteiger partial charge in [0.05, 0.1) is 43.2 Å². The lowest BCUT2D eigenvalue weighted by Gasteiger charge is -2.18. The standard InChI is InChI=1S/C23H24N2O5/c1-12(13-9-10-16(29-3)17(11-13)30-4)24-21(27)18-19-22(28)25-15-8-6-5-7-14(15)20(26)23(18,19)2/h5-12,18-19H,1-4H3,(H,24,27)(H,25,28)/t12-,18-,19-,23+/m0/s1. The minimum atomic E-state index is -1.04. The Morgan fingerprint density at radius 3 is 2.50 bits per heavy atom. The van der Waals surface area contributed by atoms with Crippen molar-refractivity contribution in [1.29, 1.82) is 0 Å². The highest BCUT2D eigenvalue weighted by atomic mass is 16.5. The predicted molar refractivity (Wildman–Crippen MR) is 111 cm³/mol. The van der Waals surface area contributed by atoms with Crippen molar-refractivity contribution in [2.24, 2.45) is 17.3 Å². The van der Waals surface area contributed by atoms with E-state index in [4.69, 9.17) is 9.47 Å². The van der Waals surface area contributed by atoms with Crippen LogP contribution in [-0.2, 0) is 9.59 Å². The molecule has 0 unspecified atom stereocenters. The van der Waals surface area contributed by atoms with Crippen LogP contribution < -0.4 is 20.1 Å². The van der Waals surface area contributed by atoms with Crippen molar-refractivity contribution in [3.63, 3.8) is 0 Å². The molecular weight excluding hydrogens is 384 g/mol. The van der Waals surface area contributed by atoms with Crippen molar-refractivity contribution in [1.82, 2.24) is 5.32 Å². The number of carbonyl (C=O) groups excluding carboxylic acids is 3. The highest BCUT2D eigenvalue weighted by Crippen LogP contribution is 2.62. The first-order chi connectivity index (χ1) is 14.3. The normalized spacial score (nSPS) is 25.2. The van der Waals surface area contributed by atoms with Crippen LogP contribution in [-0.4, -0.2) is 31.8 Å². The fraction of sp³-hybridized carbons (Fsp3) is 0.348. The summed E-state index contributed by atoms with van der Waals surface area (Å²) in [5.74, 6) is -1.03. The molecule has 4 atom stereocenters. The monoisotopic (exact) mass is 408 g/mol. The SMILES string of the molecule is COc1ccc([C@H](C)NC(=O)[C@@H]2[C@H]3C(=O)Nc4ccccc4C(=O)[C@@]32C)cc1OC. The molecule has 2 amide bonds. The number of Topliss-reactive ketones (excluding diaryl/α,β-unsaturated/α-hetero) is 1. The first kappa shape index (κ1) is 19.9.